The van der Waals surface area contributed by atoms with E-state index in [0.29, 0.717) is 33.9 Å². The molecule has 38 heavy (non-hydrogen) atoms. The molecule has 5 atom stereocenters. The largest absolute Gasteiger partial charge is 0.482 e. The molecule has 1 heterocycles. The van der Waals surface area contributed by atoms with Crippen LogP contribution in [0.4, 0.5) is 0 Å². The smallest absolute Gasteiger partial charge is 0.404 e. The molecule has 0 aromatic heterocycles. The summed E-state index contributed by atoms with van der Waals surface area (Å²) in [6.45, 7) is 10.2. The Kier molecular flexibility index (Phi) is 7.13. The highest BCUT2D eigenvalue weighted by molar-refractivity contribution is 6.48. The number of halogens is 2. The molecular formula is C29H35BCl2N2O4. The molecule has 2 bridgehead atoms. The highest BCUT2D eigenvalue weighted by Crippen LogP contribution is 2.65. The first-order valence-electron chi connectivity index (χ1n) is 13.3. The summed E-state index contributed by atoms with van der Waals surface area (Å²) in [5.41, 5.74) is 0.0540. The van der Waals surface area contributed by atoms with Gasteiger partial charge in [-0.15, -0.1) is 0 Å². The number of amides is 2. The van der Waals surface area contributed by atoms with Crippen LogP contribution in [-0.2, 0) is 20.5 Å². The lowest BCUT2D eigenvalue weighted by atomic mass is 9.43. The van der Waals surface area contributed by atoms with Crippen molar-refractivity contribution in [1.29, 1.82) is 0 Å². The second kappa shape index (κ2) is 9.85. The Hall–Kier alpha value is -2.06. The second-order valence-corrected chi connectivity index (χ2v) is 13.2. The van der Waals surface area contributed by atoms with Crippen LogP contribution in [0, 0.1) is 17.3 Å². The fraction of sp³-hybridized carbons (Fsp3) is 0.517. The Bertz CT molecular complexity index is 1220. The van der Waals surface area contributed by atoms with E-state index in [1.54, 1.807) is 38.1 Å². The number of hydrogen-bond donors (Lipinski definition) is 2. The Morgan fingerprint density at radius 3 is 2.24 bits per heavy atom. The van der Waals surface area contributed by atoms with Crippen molar-refractivity contribution < 1.29 is 18.9 Å². The number of benzene rings is 2. The number of nitrogens with one attached hydrogen (secondary N) is 2. The Balaban J connectivity index is 1.34. The van der Waals surface area contributed by atoms with Gasteiger partial charge in [0.2, 0.25) is 5.91 Å². The zero-order valence-corrected chi connectivity index (χ0v) is 24.0. The molecule has 2 aromatic carbocycles. The average Bonchev–Trinajstić information content (AvgIpc) is 3.22. The van der Waals surface area contributed by atoms with Gasteiger partial charge in [0.25, 0.3) is 5.91 Å². The van der Waals surface area contributed by atoms with Gasteiger partial charge in [-0.2, -0.15) is 0 Å². The van der Waals surface area contributed by atoms with Gasteiger partial charge in [-0.3, -0.25) is 9.59 Å². The van der Waals surface area contributed by atoms with Crippen LogP contribution in [0.2, 0.25) is 10.0 Å². The summed E-state index contributed by atoms with van der Waals surface area (Å²) in [5.74, 6) is -0.108. The normalized spacial score (nSPS) is 28.2. The second-order valence-electron chi connectivity index (χ2n) is 12.3. The molecule has 6 rings (SSSR count). The number of hydrogen-bond acceptors (Lipinski definition) is 4. The van der Waals surface area contributed by atoms with Gasteiger partial charge in [-0.25, -0.2) is 0 Å². The molecule has 1 saturated heterocycles. The van der Waals surface area contributed by atoms with Gasteiger partial charge >= 0.3 is 7.12 Å². The van der Waals surface area contributed by atoms with E-state index in [2.05, 4.69) is 31.4 Å². The molecule has 0 spiro atoms. The molecule has 3 saturated carbocycles. The molecule has 1 unspecified atom stereocenters. The summed E-state index contributed by atoms with van der Waals surface area (Å²) in [5, 5.41) is 7.18. The maximum absolute atomic E-state index is 13.6. The summed E-state index contributed by atoms with van der Waals surface area (Å²) < 4.78 is 13.2. The predicted molar refractivity (Wildman–Crippen MR) is 150 cm³/mol. The molecule has 4 aliphatic rings. The fourth-order valence-corrected chi connectivity index (χ4v) is 6.78. The lowest BCUT2D eigenvalue weighted by Gasteiger charge is -2.64. The first-order chi connectivity index (χ1) is 17.8. The van der Waals surface area contributed by atoms with Crippen molar-refractivity contribution in [2.75, 3.05) is 0 Å². The summed E-state index contributed by atoms with van der Waals surface area (Å²) in [6.07, 6.45) is 2.59. The van der Waals surface area contributed by atoms with E-state index in [-0.39, 0.29) is 23.3 Å². The predicted octanol–water partition coefficient (Wildman–Crippen LogP) is 5.50. The molecular weight excluding hydrogens is 522 g/mol. The van der Waals surface area contributed by atoms with Crippen LogP contribution in [0.15, 0.2) is 48.5 Å². The molecule has 2 amide bonds. The maximum Gasteiger partial charge on any atom is 0.482 e. The zero-order chi connectivity index (χ0) is 27.5. The first kappa shape index (κ1) is 27.5. The van der Waals surface area contributed by atoms with Gasteiger partial charge in [-0.1, -0.05) is 49.2 Å². The van der Waals surface area contributed by atoms with Crippen molar-refractivity contribution >= 4 is 42.1 Å². The summed E-state index contributed by atoms with van der Waals surface area (Å²) in [4.78, 5) is 26.4. The maximum atomic E-state index is 13.6. The Morgan fingerprint density at radius 1 is 1.03 bits per heavy atom. The molecule has 202 valence electrons. The van der Waals surface area contributed by atoms with Gasteiger partial charge in [0.15, 0.2) is 0 Å². The van der Waals surface area contributed by atoms with Crippen molar-refractivity contribution in [3.8, 4) is 0 Å². The molecule has 3 aliphatic carbocycles. The van der Waals surface area contributed by atoms with Crippen molar-refractivity contribution in [2.24, 2.45) is 17.3 Å². The minimum Gasteiger partial charge on any atom is -0.404 e. The molecule has 1 aliphatic heterocycles. The van der Waals surface area contributed by atoms with E-state index >= 15 is 0 Å². The van der Waals surface area contributed by atoms with Gasteiger partial charge in [0.1, 0.15) is 5.54 Å². The van der Waals surface area contributed by atoms with Gasteiger partial charge in [-0.05, 0) is 99.2 Å². The fourth-order valence-electron chi connectivity index (χ4n) is 6.52. The highest BCUT2D eigenvalue weighted by atomic mass is 35.5. The Morgan fingerprint density at radius 2 is 1.63 bits per heavy atom. The van der Waals surface area contributed by atoms with Gasteiger partial charge in [0.05, 0.1) is 17.6 Å². The quantitative estimate of drug-likeness (QED) is 0.442. The van der Waals surface area contributed by atoms with Gasteiger partial charge in [0, 0.05) is 15.6 Å². The van der Waals surface area contributed by atoms with E-state index in [9.17, 15) is 9.59 Å². The average molecular weight is 557 g/mol. The van der Waals surface area contributed by atoms with Crippen LogP contribution >= 0.6 is 23.2 Å². The molecule has 2 N–H and O–H groups in total. The molecule has 9 heteroatoms. The summed E-state index contributed by atoms with van der Waals surface area (Å²) in [7, 11) is -0.609. The SMILES string of the molecule is CC(C)(NC(=O)c1ccc(Cl)cc1)C(=O)N[C@@H](Cc1ccc(Cl)cc1)B1O[C@@H]2CC3C[C@@H](C3(C)C)[C@]2(C)O1. The van der Waals surface area contributed by atoms with E-state index in [0.717, 1.165) is 18.4 Å². The van der Waals surface area contributed by atoms with Crippen molar-refractivity contribution in [1.82, 2.24) is 10.6 Å². The van der Waals surface area contributed by atoms with E-state index in [1.807, 2.05) is 24.3 Å². The van der Waals surface area contributed by atoms with Crippen molar-refractivity contribution in [3.05, 3.63) is 69.7 Å². The summed E-state index contributed by atoms with van der Waals surface area (Å²) >= 11 is 12.1. The van der Waals surface area contributed by atoms with Crippen molar-refractivity contribution in [3.63, 3.8) is 0 Å². The van der Waals surface area contributed by atoms with E-state index in [1.165, 1.54) is 0 Å². The lowest BCUT2D eigenvalue weighted by Crippen LogP contribution is -2.65. The number of carbonyl (C=O) groups excluding carboxylic acids is 2. The van der Waals surface area contributed by atoms with E-state index < -0.39 is 24.2 Å². The third-order valence-electron chi connectivity index (χ3n) is 9.08. The van der Waals surface area contributed by atoms with Crippen LogP contribution < -0.4 is 10.6 Å². The monoisotopic (exact) mass is 556 g/mol. The summed E-state index contributed by atoms with van der Waals surface area (Å²) in [6, 6.07) is 14.1. The topological polar surface area (TPSA) is 76.7 Å². The van der Waals surface area contributed by atoms with Gasteiger partial charge < -0.3 is 19.9 Å². The molecule has 2 aromatic rings. The molecule has 6 nitrogen and oxygen atoms in total. The van der Waals surface area contributed by atoms with Crippen LogP contribution in [0.5, 0.6) is 0 Å². The third kappa shape index (κ3) is 4.99. The first-order valence-corrected chi connectivity index (χ1v) is 14.0. The number of rotatable bonds is 7. The standard InChI is InChI=1S/C29H35BCl2N2O4/c1-27(2)19-15-22(27)29(5)23(16-19)37-30(38-29)24(14-17-6-10-20(31)11-7-17)33-26(36)28(3,4)34-25(35)18-8-12-21(32)13-9-18/h6-13,19,22-24H,14-16H2,1-5H3,(H,33,36)(H,34,35)/t19?,22-,23+,24-,29-/m0/s1. The third-order valence-corrected chi connectivity index (χ3v) is 9.59. The number of carbonyl (C=O) groups is 2. The lowest BCUT2D eigenvalue weighted by molar-refractivity contribution is -0.199. The molecule has 0 radical (unpaired) electrons. The van der Waals surface area contributed by atoms with Crippen LogP contribution in [0.25, 0.3) is 0 Å². The minimum atomic E-state index is -1.19. The van der Waals surface area contributed by atoms with Crippen LogP contribution in [0.3, 0.4) is 0 Å². The zero-order valence-electron chi connectivity index (χ0n) is 22.5. The van der Waals surface area contributed by atoms with E-state index in [4.69, 9.17) is 32.5 Å². The highest BCUT2D eigenvalue weighted by Gasteiger charge is 2.68. The molecule has 4 fully saturated rings. The van der Waals surface area contributed by atoms with Crippen LogP contribution in [0.1, 0.15) is 63.4 Å². The van der Waals surface area contributed by atoms with Crippen molar-refractivity contribution in [2.45, 2.75) is 77.1 Å². The van der Waals surface area contributed by atoms with Crippen LogP contribution in [-0.4, -0.2) is 42.1 Å². The minimum absolute atomic E-state index is 0.00786. The Labute approximate surface area is 235 Å².